The monoisotopic (exact) mass is 356 g/mol. The molecule has 0 rings (SSSR count). The average molecular weight is 356 g/mol. The zero-order valence-corrected chi connectivity index (χ0v) is 10.3. The number of hydrogen-bond acceptors (Lipinski definition) is 2. The number of phosphoric acid groups is 2. The van der Waals surface area contributed by atoms with Crippen molar-refractivity contribution in [3.05, 3.63) is 0 Å². The predicted octanol–water partition coefficient (Wildman–Crippen LogP) is -2.22. The van der Waals surface area contributed by atoms with Crippen LogP contribution in [0.4, 0.5) is 0 Å². The maximum Gasteiger partial charge on any atom is 3.00 e. The fourth-order valence-electron chi connectivity index (χ4n) is 0. The summed E-state index contributed by atoms with van der Waals surface area (Å²) < 4.78 is 17.8. The van der Waals surface area contributed by atoms with Crippen LogP contribution in [0.5, 0.6) is 0 Å². The predicted molar refractivity (Wildman–Crippen MR) is 30.6 cm³/mol. The van der Waals surface area contributed by atoms with Crippen molar-refractivity contribution >= 4 is 15.6 Å². The third kappa shape index (κ3) is 2010. The molecular weight excluding hydrogens is 350 g/mol. The van der Waals surface area contributed by atoms with Crippen LogP contribution in [0.2, 0.25) is 0 Å². The molecule has 0 aliphatic heterocycles. The van der Waals surface area contributed by atoms with Gasteiger partial charge in [0.1, 0.15) is 0 Å². The van der Waals surface area contributed by atoms with Crippen LogP contribution in [0, 0.1) is 0 Å². The van der Waals surface area contributed by atoms with Crippen LogP contribution in [0.3, 0.4) is 0 Å². The zero-order valence-electron chi connectivity index (χ0n) is 6.33. The molecule has 0 saturated carbocycles. The molecular formula is H6Fe2O11P2. The Labute approximate surface area is 105 Å². The largest absolute Gasteiger partial charge is 3.00 e. The molecule has 15 heteroatoms. The Morgan fingerprint density at radius 2 is 0.533 bits per heavy atom. The van der Waals surface area contributed by atoms with Crippen molar-refractivity contribution in [2.45, 2.75) is 0 Å². The molecule has 0 spiro atoms. The molecule has 98 valence electrons. The van der Waals surface area contributed by atoms with E-state index in [1.54, 1.807) is 0 Å². The molecule has 2 radical (unpaired) electrons. The smallest absolute Gasteiger partial charge is 2.00 e. The zero-order chi connectivity index (χ0) is 9.00. The van der Waals surface area contributed by atoms with Crippen LogP contribution in [0.1, 0.15) is 0 Å². The number of rotatable bonds is 0. The summed E-state index contributed by atoms with van der Waals surface area (Å²) >= 11 is 0. The summed E-state index contributed by atoms with van der Waals surface area (Å²) in [4.78, 5) is 43.1. The number of hydrogen-bond donors (Lipinski definition) is 6. The van der Waals surface area contributed by atoms with Crippen molar-refractivity contribution in [3.63, 3.8) is 0 Å². The van der Waals surface area contributed by atoms with E-state index in [1.165, 1.54) is 0 Å². The Morgan fingerprint density at radius 3 is 0.533 bits per heavy atom. The van der Waals surface area contributed by atoms with Crippen LogP contribution in [0.15, 0.2) is 0 Å². The Kier molecular flexibility index (Phi) is 51.8. The van der Waals surface area contributed by atoms with E-state index < -0.39 is 15.6 Å². The minimum Gasteiger partial charge on any atom is -2.00 e. The second-order valence-corrected chi connectivity index (χ2v) is 3.08. The van der Waals surface area contributed by atoms with Crippen molar-refractivity contribution in [2.24, 2.45) is 0 Å². The Balaban J connectivity index is -0.0000000128. The van der Waals surface area contributed by atoms with Gasteiger partial charge in [0, 0.05) is 0 Å². The molecule has 0 atom stereocenters. The molecule has 6 N–H and O–H groups in total. The van der Waals surface area contributed by atoms with E-state index in [2.05, 4.69) is 0 Å². The first kappa shape index (κ1) is 44.3. The maximum absolute atomic E-state index is 8.88. The second kappa shape index (κ2) is 17.5. The van der Waals surface area contributed by atoms with Gasteiger partial charge in [0.05, 0.1) is 0 Å². The molecule has 0 aromatic rings. The fourth-order valence-corrected chi connectivity index (χ4v) is 0. The van der Waals surface area contributed by atoms with E-state index in [-0.39, 0.29) is 50.6 Å². The molecule has 0 bridgehead atoms. The minimum atomic E-state index is -4.64. The van der Waals surface area contributed by atoms with Gasteiger partial charge < -0.3 is 45.8 Å². The SMILES string of the molecule is O=P(O)(O)O.O=P(O)(O)O.[Fe+3].[Fe+3].[O-2].[O-2].[O-2]. The van der Waals surface area contributed by atoms with Crippen LogP contribution >= 0.6 is 15.6 Å². The molecule has 0 aliphatic carbocycles. The Morgan fingerprint density at radius 1 is 0.533 bits per heavy atom. The standard InChI is InChI=1S/2Fe.2H3O4P.3O/c;;2*1-5(2,3)4;;;/h;;2*(H3,1,2,3,4);;;/q2*+3;;;3*-2. The molecule has 0 aromatic carbocycles. The quantitative estimate of drug-likeness (QED) is 0.205. The van der Waals surface area contributed by atoms with Crippen molar-refractivity contribution in [2.75, 3.05) is 0 Å². The van der Waals surface area contributed by atoms with Crippen LogP contribution < -0.4 is 0 Å². The molecule has 0 unspecified atom stereocenters. The molecule has 0 fully saturated rings. The van der Waals surface area contributed by atoms with Gasteiger partial charge >= 0.3 is 49.8 Å². The minimum absolute atomic E-state index is 0. The van der Waals surface area contributed by atoms with Gasteiger partial charge in [-0.1, -0.05) is 0 Å². The van der Waals surface area contributed by atoms with E-state index in [4.69, 9.17) is 38.5 Å². The Bertz CT molecular complexity index is 129. The topological polar surface area (TPSA) is 241 Å². The second-order valence-electron chi connectivity index (χ2n) is 1.03. The first-order valence-corrected chi connectivity index (χ1v) is 4.70. The summed E-state index contributed by atoms with van der Waals surface area (Å²) in [5.41, 5.74) is 0. The normalized spacial score (nSPS) is 7.87. The van der Waals surface area contributed by atoms with Gasteiger partial charge in [0.25, 0.3) is 0 Å². The molecule has 15 heavy (non-hydrogen) atoms. The first-order chi connectivity index (χ1) is 4.00. The van der Waals surface area contributed by atoms with Crippen molar-refractivity contribution in [1.29, 1.82) is 0 Å². The van der Waals surface area contributed by atoms with E-state index >= 15 is 0 Å². The maximum atomic E-state index is 8.88. The van der Waals surface area contributed by atoms with Gasteiger partial charge in [-0.15, -0.1) is 0 Å². The van der Waals surface area contributed by atoms with E-state index in [9.17, 15) is 0 Å². The van der Waals surface area contributed by atoms with E-state index in [0.29, 0.717) is 0 Å². The summed E-state index contributed by atoms with van der Waals surface area (Å²) in [5, 5.41) is 0. The third-order valence-corrected chi connectivity index (χ3v) is 0. The first-order valence-electron chi connectivity index (χ1n) is 1.57. The summed E-state index contributed by atoms with van der Waals surface area (Å²) in [5.74, 6) is 0. The third-order valence-electron chi connectivity index (χ3n) is 0. The van der Waals surface area contributed by atoms with Crippen molar-refractivity contribution < 1.29 is 89.1 Å². The summed E-state index contributed by atoms with van der Waals surface area (Å²) in [6.07, 6.45) is 0. The van der Waals surface area contributed by atoms with Gasteiger partial charge in [0.15, 0.2) is 0 Å². The van der Waals surface area contributed by atoms with Crippen molar-refractivity contribution in [1.82, 2.24) is 0 Å². The van der Waals surface area contributed by atoms with Gasteiger partial charge in [-0.3, -0.25) is 0 Å². The van der Waals surface area contributed by atoms with Gasteiger partial charge in [-0.25, -0.2) is 9.13 Å². The Hall–Kier alpha value is 1.14. The summed E-state index contributed by atoms with van der Waals surface area (Å²) in [6, 6.07) is 0. The van der Waals surface area contributed by atoms with E-state index in [1.807, 2.05) is 0 Å². The molecule has 0 saturated heterocycles. The van der Waals surface area contributed by atoms with Crippen LogP contribution in [-0.4, -0.2) is 29.4 Å². The molecule has 11 nitrogen and oxygen atoms in total. The van der Waals surface area contributed by atoms with Gasteiger partial charge in [-0.2, -0.15) is 0 Å². The molecule has 0 aliphatic rings. The molecule has 0 heterocycles. The van der Waals surface area contributed by atoms with Crippen LogP contribution in [-0.2, 0) is 59.7 Å². The van der Waals surface area contributed by atoms with Gasteiger partial charge in [-0.05, 0) is 0 Å². The summed E-state index contributed by atoms with van der Waals surface area (Å²) in [7, 11) is -9.28. The van der Waals surface area contributed by atoms with Crippen molar-refractivity contribution in [3.8, 4) is 0 Å². The van der Waals surface area contributed by atoms with Gasteiger partial charge in [0.2, 0.25) is 0 Å². The molecule has 0 aromatic heterocycles. The molecule has 0 amide bonds. The van der Waals surface area contributed by atoms with Crippen LogP contribution in [0.25, 0.3) is 0 Å². The van der Waals surface area contributed by atoms with E-state index in [0.717, 1.165) is 0 Å². The summed E-state index contributed by atoms with van der Waals surface area (Å²) in [6.45, 7) is 0. The fraction of sp³-hybridized carbons (Fsp3) is 0. The average Bonchev–Trinajstić information content (AvgIpc) is 1.12.